The van der Waals surface area contributed by atoms with Crippen LogP contribution in [-0.2, 0) is 0 Å². The molecule has 0 saturated carbocycles. The molecular weight excluding hydrogens is 203 g/mol. The molecule has 0 amide bonds. The van der Waals surface area contributed by atoms with E-state index in [4.69, 9.17) is 0 Å². The average molecular weight is 210 g/mol. The molecule has 70 valence electrons. The summed E-state index contributed by atoms with van der Waals surface area (Å²) in [5.74, 6) is -1.32. The monoisotopic (exact) mass is 210 g/mol. The Hall–Kier alpha value is -1.03. The molecule has 0 aliphatic rings. The van der Waals surface area contributed by atoms with Crippen molar-refractivity contribution in [1.29, 1.82) is 0 Å². The maximum Gasteiger partial charge on any atom is 1.00 e. The van der Waals surface area contributed by atoms with Gasteiger partial charge in [0.1, 0.15) is 5.75 Å². The van der Waals surface area contributed by atoms with Crippen LogP contribution in [0.2, 0.25) is 0 Å². The van der Waals surface area contributed by atoms with E-state index in [1.807, 2.05) is 0 Å². The Balaban J connectivity index is 0.00000112. The predicted octanol–water partition coefficient (Wildman–Crippen LogP) is -2.09. The van der Waals surface area contributed by atoms with E-state index in [-0.39, 0.29) is 40.9 Å². The van der Waals surface area contributed by atoms with Crippen LogP contribution < -0.4 is 34.7 Å². The Morgan fingerprint density at radius 1 is 1.13 bits per heavy atom. The number of aromatic hydroxyl groups is 1. The largest absolute Gasteiger partial charge is 1.00 e. The molecule has 0 aliphatic heterocycles. The first-order chi connectivity index (χ1) is 6.70. The molecule has 0 saturated heterocycles. The fraction of sp³-hybridized carbons (Fsp3) is 0. The molecule has 0 radical (unpaired) electrons. The average Bonchev–Trinajstić information content (AvgIpc) is 2.17. The number of carboxylic acids is 1. The number of carbonyl (C=O) groups is 1. The Labute approximate surface area is 109 Å². The molecule has 0 spiro atoms. The molecular formula is C11H7NaO3. The van der Waals surface area contributed by atoms with Gasteiger partial charge >= 0.3 is 29.6 Å². The molecule has 4 heteroatoms. The summed E-state index contributed by atoms with van der Waals surface area (Å²) in [4.78, 5) is 10.7. The summed E-state index contributed by atoms with van der Waals surface area (Å²) in [6, 6.07) is 9.62. The van der Waals surface area contributed by atoms with Gasteiger partial charge in [0, 0.05) is 10.9 Å². The summed E-state index contributed by atoms with van der Waals surface area (Å²) in [7, 11) is 0. The van der Waals surface area contributed by atoms with Crippen LogP contribution in [0.3, 0.4) is 0 Å². The second kappa shape index (κ2) is 4.66. The van der Waals surface area contributed by atoms with Crippen LogP contribution in [0.1, 0.15) is 10.4 Å². The third kappa shape index (κ3) is 2.15. The molecule has 1 N–H and O–H groups in total. The van der Waals surface area contributed by atoms with Crippen LogP contribution in [0.15, 0.2) is 36.4 Å². The number of hydrogen-bond acceptors (Lipinski definition) is 3. The fourth-order valence-corrected chi connectivity index (χ4v) is 1.49. The molecule has 0 unspecified atom stereocenters. The Morgan fingerprint density at radius 2 is 1.73 bits per heavy atom. The first kappa shape index (κ1) is 12.0. The number of fused-ring (bicyclic) bond motifs is 1. The number of benzene rings is 2. The normalized spacial score (nSPS) is 9.60. The second-order valence-corrected chi connectivity index (χ2v) is 2.97. The van der Waals surface area contributed by atoms with Crippen molar-refractivity contribution in [3.8, 4) is 5.75 Å². The maximum absolute atomic E-state index is 10.7. The van der Waals surface area contributed by atoms with Crippen molar-refractivity contribution in [2.75, 3.05) is 0 Å². The molecule has 0 aromatic heterocycles. The van der Waals surface area contributed by atoms with Gasteiger partial charge in [-0.2, -0.15) is 0 Å². The van der Waals surface area contributed by atoms with E-state index in [9.17, 15) is 15.0 Å². The van der Waals surface area contributed by atoms with E-state index in [2.05, 4.69) is 0 Å². The van der Waals surface area contributed by atoms with Gasteiger partial charge in [-0.05, 0) is 11.5 Å². The summed E-state index contributed by atoms with van der Waals surface area (Å²) < 4.78 is 0. The van der Waals surface area contributed by atoms with Crippen LogP contribution in [0.4, 0.5) is 0 Å². The first-order valence-electron chi connectivity index (χ1n) is 4.12. The van der Waals surface area contributed by atoms with Crippen LogP contribution >= 0.6 is 0 Å². The minimum absolute atomic E-state index is 0. The molecule has 0 aliphatic carbocycles. The summed E-state index contributed by atoms with van der Waals surface area (Å²) in [6.07, 6.45) is 0. The molecule has 2 rings (SSSR count). The Morgan fingerprint density at radius 3 is 2.33 bits per heavy atom. The Kier molecular flexibility index (Phi) is 3.74. The summed E-state index contributed by atoms with van der Waals surface area (Å²) >= 11 is 0. The topological polar surface area (TPSA) is 60.4 Å². The summed E-state index contributed by atoms with van der Waals surface area (Å²) in [5, 5.41) is 21.3. The van der Waals surface area contributed by atoms with Gasteiger partial charge in [0.2, 0.25) is 0 Å². The second-order valence-electron chi connectivity index (χ2n) is 2.97. The van der Waals surface area contributed by atoms with Gasteiger partial charge in [0.05, 0.1) is 5.97 Å². The van der Waals surface area contributed by atoms with Gasteiger partial charge in [-0.25, -0.2) is 0 Å². The SMILES string of the molecule is O=C([O-])c1cccc2cccc(O)c12.[Na+]. The minimum atomic E-state index is -1.28. The van der Waals surface area contributed by atoms with E-state index in [1.54, 1.807) is 24.3 Å². The van der Waals surface area contributed by atoms with Crippen molar-refractivity contribution < 1.29 is 44.6 Å². The molecule has 2 aromatic rings. The van der Waals surface area contributed by atoms with Crippen LogP contribution in [0.5, 0.6) is 5.75 Å². The van der Waals surface area contributed by atoms with Crippen molar-refractivity contribution in [2.24, 2.45) is 0 Å². The van der Waals surface area contributed by atoms with E-state index >= 15 is 0 Å². The number of aromatic carboxylic acids is 1. The number of carboxylic acid groups (broad SMARTS) is 1. The molecule has 0 atom stereocenters. The summed E-state index contributed by atoms with van der Waals surface area (Å²) in [6.45, 7) is 0. The van der Waals surface area contributed by atoms with Gasteiger partial charge in [-0.1, -0.05) is 30.3 Å². The third-order valence-electron chi connectivity index (χ3n) is 2.10. The van der Waals surface area contributed by atoms with Gasteiger partial charge in [-0.15, -0.1) is 0 Å². The maximum atomic E-state index is 10.7. The quantitative estimate of drug-likeness (QED) is 0.549. The van der Waals surface area contributed by atoms with Gasteiger partial charge < -0.3 is 15.0 Å². The number of phenols is 1. The molecule has 0 bridgehead atoms. The van der Waals surface area contributed by atoms with E-state index in [0.29, 0.717) is 10.8 Å². The van der Waals surface area contributed by atoms with E-state index in [0.717, 1.165) is 0 Å². The number of phenolic OH excluding ortho intramolecular Hbond substituents is 1. The zero-order chi connectivity index (χ0) is 10.1. The predicted molar refractivity (Wildman–Crippen MR) is 49.9 cm³/mol. The molecule has 2 aromatic carbocycles. The smallest absolute Gasteiger partial charge is 0.545 e. The first-order valence-corrected chi connectivity index (χ1v) is 4.12. The third-order valence-corrected chi connectivity index (χ3v) is 2.10. The number of rotatable bonds is 1. The zero-order valence-electron chi connectivity index (χ0n) is 8.23. The molecule has 15 heavy (non-hydrogen) atoms. The van der Waals surface area contributed by atoms with Crippen LogP contribution in [-0.4, -0.2) is 11.1 Å². The number of carbonyl (C=O) groups excluding carboxylic acids is 1. The zero-order valence-corrected chi connectivity index (χ0v) is 10.2. The van der Waals surface area contributed by atoms with Crippen molar-refractivity contribution in [2.45, 2.75) is 0 Å². The van der Waals surface area contributed by atoms with E-state index < -0.39 is 5.97 Å². The molecule has 3 nitrogen and oxygen atoms in total. The van der Waals surface area contributed by atoms with Crippen molar-refractivity contribution in [3.63, 3.8) is 0 Å². The van der Waals surface area contributed by atoms with Crippen LogP contribution in [0, 0.1) is 0 Å². The van der Waals surface area contributed by atoms with Crippen LogP contribution in [0.25, 0.3) is 10.8 Å². The van der Waals surface area contributed by atoms with Crippen molar-refractivity contribution >= 4 is 16.7 Å². The molecule has 0 fully saturated rings. The van der Waals surface area contributed by atoms with Gasteiger partial charge in [0.15, 0.2) is 0 Å². The van der Waals surface area contributed by atoms with Gasteiger partial charge in [0.25, 0.3) is 0 Å². The standard InChI is InChI=1S/C11H8O3.Na/c12-9-6-2-4-7-3-1-5-8(10(7)9)11(13)14;/h1-6,12H,(H,13,14);/q;+1/p-1. The van der Waals surface area contributed by atoms with Crippen molar-refractivity contribution in [3.05, 3.63) is 42.0 Å². The fourth-order valence-electron chi connectivity index (χ4n) is 1.49. The van der Waals surface area contributed by atoms with Gasteiger partial charge in [-0.3, -0.25) is 0 Å². The minimum Gasteiger partial charge on any atom is -0.545 e. The summed E-state index contributed by atoms with van der Waals surface area (Å²) in [5.41, 5.74) is 0.0144. The number of hydrogen-bond donors (Lipinski definition) is 1. The Bertz CT molecular complexity index is 503. The van der Waals surface area contributed by atoms with E-state index in [1.165, 1.54) is 12.1 Å². The van der Waals surface area contributed by atoms with Crippen molar-refractivity contribution in [1.82, 2.24) is 0 Å². The molecule has 0 heterocycles.